The Balaban J connectivity index is 1.64. The summed E-state index contributed by atoms with van der Waals surface area (Å²) in [5.74, 6) is 2.13. The summed E-state index contributed by atoms with van der Waals surface area (Å²) >= 11 is 1.60. The summed E-state index contributed by atoms with van der Waals surface area (Å²) in [5.41, 5.74) is 2.21. The summed E-state index contributed by atoms with van der Waals surface area (Å²) in [5, 5.41) is 2.92. The smallest absolute Gasteiger partial charge is 0.230 e. The van der Waals surface area contributed by atoms with E-state index in [0.717, 1.165) is 17.1 Å². The highest BCUT2D eigenvalue weighted by molar-refractivity contribution is 8.00. The largest absolute Gasteiger partial charge is 0.497 e. The van der Waals surface area contributed by atoms with Crippen molar-refractivity contribution in [1.82, 2.24) is 5.32 Å². The van der Waals surface area contributed by atoms with Gasteiger partial charge in [-0.2, -0.15) is 0 Å². The van der Waals surface area contributed by atoms with E-state index in [1.54, 1.807) is 18.9 Å². The van der Waals surface area contributed by atoms with Crippen LogP contribution in [-0.4, -0.2) is 24.5 Å². The minimum atomic E-state index is 0.0472. The van der Waals surface area contributed by atoms with Crippen LogP contribution >= 0.6 is 11.8 Å². The Bertz CT molecular complexity index is 641. The van der Waals surface area contributed by atoms with Gasteiger partial charge in [0.05, 0.1) is 12.9 Å². The van der Waals surface area contributed by atoms with E-state index in [1.807, 2.05) is 42.5 Å². The molecule has 0 fully saturated rings. The molecule has 0 heterocycles. The minimum absolute atomic E-state index is 0.0472. The number of hydrogen-bond acceptors (Lipinski definition) is 3. The molecule has 1 N–H and O–H groups in total. The van der Waals surface area contributed by atoms with Crippen LogP contribution in [0.15, 0.2) is 60.7 Å². The zero-order valence-corrected chi connectivity index (χ0v) is 14.0. The van der Waals surface area contributed by atoms with Gasteiger partial charge < -0.3 is 10.1 Å². The topological polar surface area (TPSA) is 38.3 Å². The van der Waals surface area contributed by atoms with Gasteiger partial charge in [0.1, 0.15) is 5.75 Å². The van der Waals surface area contributed by atoms with Crippen LogP contribution in [-0.2, 0) is 11.3 Å². The van der Waals surface area contributed by atoms with Crippen molar-refractivity contribution in [2.75, 3.05) is 18.6 Å². The molecule has 0 radical (unpaired) electrons. The summed E-state index contributed by atoms with van der Waals surface area (Å²) in [6, 6.07) is 17.8. The van der Waals surface area contributed by atoms with Crippen molar-refractivity contribution in [3.05, 3.63) is 71.8 Å². The second-order valence-corrected chi connectivity index (χ2v) is 5.99. The molecule has 2 rings (SSSR count). The van der Waals surface area contributed by atoms with Crippen molar-refractivity contribution >= 4 is 23.7 Å². The Kier molecular flexibility index (Phi) is 7.27. The Labute approximate surface area is 141 Å². The van der Waals surface area contributed by atoms with E-state index >= 15 is 0 Å². The monoisotopic (exact) mass is 327 g/mol. The Hall–Kier alpha value is -2.20. The molecule has 3 nitrogen and oxygen atoms in total. The van der Waals surface area contributed by atoms with E-state index in [-0.39, 0.29) is 5.91 Å². The average molecular weight is 327 g/mol. The number of amides is 1. The molecule has 0 saturated heterocycles. The van der Waals surface area contributed by atoms with Gasteiger partial charge in [-0.1, -0.05) is 54.6 Å². The van der Waals surface area contributed by atoms with Gasteiger partial charge in [-0.05, 0) is 23.3 Å². The third kappa shape index (κ3) is 6.61. The summed E-state index contributed by atoms with van der Waals surface area (Å²) in [6.45, 7) is 0.524. The summed E-state index contributed by atoms with van der Waals surface area (Å²) in [7, 11) is 1.64. The molecule has 0 aliphatic carbocycles. The number of carbonyl (C=O) groups excluding carboxylic acids is 1. The van der Waals surface area contributed by atoms with E-state index in [4.69, 9.17) is 4.74 Å². The standard InChI is InChI=1S/C19H21NO2S/c1-22-18-11-5-9-17(13-18)14-20-19(21)15-23-12-6-10-16-7-3-2-4-8-16/h2-11,13H,12,14-15H2,1H3,(H,20,21)/b10-6+. The van der Waals surface area contributed by atoms with Crippen LogP contribution in [0.25, 0.3) is 6.08 Å². The molecule has 2 aromatic rings. The third-order valence-corrected chi connectivity index (χ3v) is 4.08. The summed E-state index contributed by atoms with van der Waals surface area (Å²) < 4.78 is 5.17. The molecular formula is C19H21NO2S. The highest BCUT2D eigenvalue weighted by Crippen LogP contribution is 2.12. The molecule has 0 saturated carbocycles. The van der Waals surface area contributed by atoms with Crippen LogP contribution in [0.1, 0.15) is 11.1 Å². The van der Waals surface area contributed by atoms with Gasteiger partial charge in [0, 0.05) is 12.3 Å². The predicted molar refractivity (Wildman–Crippen MR) is 97.6 cm³/mol. The lowest BCUT2D eigenvalue weighted by Gasteiger charge is -2.06. The normalized spacial score (nSPS) is 10.7. The fraction of sp³-hybridized carbons (Fsp3) is 0.211. The van der Waals surface area contributed by atoms with E-state index in [9.17, 15) is 4.79 Å². The van der Waals surface area contributed by atoms with Crippen molar-refractivity contribution in [2.45, 2.75) is 6.54 Å². The van der Waals surface area contributed by atoms with Crippen molar-refractivity contribution in [2.24, 2.45) is 0 Å². The molecule has 23 heavy (non-hydrogen) atoms. The number of ether oxygens (including phenoxy) is 1. The van der Waals surface area contributed by atoms with Gasteiger partial charge in [0.15, 0.2) is 0 Å². The first-order valence-corrected chi connectivity index (χ1v) is 8.62. The molecule has 0 unspecified atom stereocenters. The van der Waals surface area contributed by atoms with Gasteiger partial charge in [-0.3, -0.25) is 4.79 Å². The first-order chi connectivity index (χ1) is 11.3. The van der Waals surface area contributed by atoms with Gasteiger partial charge in [-0.25, -0.2) is 0 Å². The van der Waals surface area contributed by atoms with Crippen LogP contribution < -0.4 is 10.1 Å². The maximum atomic E-state index is 11.8. The quantitative estimate of drug-likeness (QED) is 0.750. The average Bonchev–Trinajstić information content (AvgIpc) is 2.61. The van der Waals surface area contributed by atoms with Crippen LogP contribution in [0.4, 0.5) is 0 Å². The van der Waals surface area contributed by atoms with Crippen LogP contribution in [0.2, 0.25) is 0 Å². The van der Waals surface area contributed by atoms with Gasteiger partial charge in [0.2, 0.25) is 5.91 Å². The van der Waals surface area contributed by atoms with Gasteiger partial charge in [0.25, 0.3) is 0 Å². The molecule has 1 amide bonds. The number of rotatable bonds is 8. The fourth-order valence-corrected chi connectivity index (χ4v) is 2.64. The minimum Gasteiger partial charge on any atom is -0.497 e. The lowest BCUT2D eigenvalue weighted by Crippen LogP contribution is -2.24. The molecule has 0 bridgehead atoms. The van der Waals surface area contributed by atoms with Gasteiger partial charge in [-0.15, -0.1) is 11.8 Å². The molecule has 0 aliphatic heterocycles. The van der Waals surface area contributed by atoms with Crippen LogP contribution in [0.3, 0.4) is 0 Å². The Morgan fingerprint density at radius 1 is 1.17 bits per heavy atom. The zero-order chi connectivity index (χ0) is 16.3. The second-order valence-electron chi connectivity index (χ2n) is 4.96. The molecule has 0 atom stereocenters. The fourth-order valence-electron chi connectivity index (χ4n) is 2.00. The first kappa shape index (κ1) is 17.2. The third-order valence-electron chi connectivity index (χ3n) is 3.18. The summed E-state index contributed by atoms with van der Waals surface area (Å²) in [4.78, 5) is 11.8. The van der Waals surface area contributed by atoms with Crippen LogP contribution in [0, 0.1) is 0 Å². The Morgan fingerprint density at radius 2 is 2.00 bits per heavy atom. The molecule has 0 aromatic heterocycles. The second kappa shape index (κ2) is 9.74. The van der Waals surface area contributed by atoms with Crippen molar-refractivity contribution in [3.8, 4) is 5.75 Å². The number of carbonyl (C=O) groups is 1. The number of benzene rings is 2. The predicted octanol–water partition coefficient (Wildman–Crippen LogP) is 3.76. The van der Waals surface area contributed by atoms with E-state index in [2.05, 4.69) is 29.6 Å². The van der Waals surface area contributed by atoms with Gasteiger partial charge >= 0.3 is 0 Å². The lowest BCUT2D eigenvalue weighted by molar-refractivity contribution is -0.118. The molecule has 120 valence electrons. The van der Waals surface area contributed by atoms with Crippen molar-refractivity contribution < 1.29 is 9.53 Å². The van der Waals surface area contributed by atoms with Crippen molar-refractivity contribution in [3.63, 3.8) is 0 Å². The van der Waals surface area contributed by atoms with E-state index in [0.29, 0.717) is 12.3 Å². The number of nitrogens with one attached hydrogen (secondary N) is 1. The maximum Gasteiger partial charge on any atom is 0.230 e. The molecule has 0 spiro atoms. The lowest BCUT2D eigenvalue weighted by atomic mass is 10.2. The zero-order valence-electron chi connectivity index (χ0n) is 13.2. The summed E-state index contributed by atoms with van der Waals surface area (Å²) in [6.07, 6.45) is 4.15. The first-order valence-electron chi connectivity index (χ1n) is 7.47. The number of methoxy groups -OCH3 is 1. The number of hydrogen-bond donors (Lipinski definition) is 1. The molecule has 2 aromatic carbocycles. The van der Waals surface area contributed by atoms with Crippen molar-refractivity contribution in [1.29, 1.82) is 0 Å². The van der Waals surface area contributed by atoms with E-state index < -0.39 is 0 Å². The van der Waals surface area contributed by atoms with Crippen LogP contribution in [0.5, 0.6) is 5.75 Å². The number of thioether (sulfide) groups is 1. The highest BCUT2D eigenvalue weighted by Gasteiger charge is 2.01. The molecule has 4 heteroatoms. The maximum absolute atomic E-state index is 11.8. The Morgan fingerprint density at radius 3 is 2.78 bits per heavy atom. The molecular weight excluding hydrogens is 306 g/mol. The molecule has 0 aliphatic rings. The van der Waals surface area contributed by atoms with E-state index in [1.165, 1.54) is 5.56 Å². The highest BCUT2D eigenvalue weighted by atomic mass is 32.2. The SMILES string of the molecule is COc1cccc(CNC(=O)CSC/C=C/c2ccccc2)c1.